The Hall–Kier alpha value is -1.10. The van der Waals surface area contributed by atoms with Crippen molar-refractivity contribution in [1.29, 1.82) is 0 Å². The first-order valence-electron chi connectivity index (χ1n) is 6.77. The van der Waals surface area contributed by atoms with Crippen LogP contribution >= 0.6 is 27.5 Å². The standard InChI is InChI=1S/C16H14BrClFNO/c17-13-8-10(19)4-7-16(13)21-15-3-1-2-14(18)12(15)9-20-11-5-6-11/h1-4,7-8,11,20H,5-6,9H2. The van der Waals surface area contributed by atoms with Crippen molar-refractivity contribution < 1.29 is 9.13 Å². The Kier molecular flexibility index (Phi) is 4.48. The Morgan fingerprint density at radius 2 is 2.05 bits per heavy atom. The zero-order valence-electron chi connectivity index (χ0n) is 11.2. The van der Waals surface area contributed by atoms with Crippen molar-refractivity contribution in [2.75, 3.05) is 0 Å². The summed E-state index contributed by atoms with van der Waals surface area (Å²) in [6.07, 6.45) is 2.42. The normalized spacial score (nSPS) is 14.2. The summed E-state index contributed by atoms with van der Waals surface area (Å²) in [5, 5.41) is 4.09. The molecule has 0 amide bonds. The zero-order chi connectivity index (χ0) is 14.8. The topological polar surface area (TPSA) is 21.3 Å². The maximum absolute atomic E-state index is 13.1. The van der Waals surface area contributed by atoms with Crippen LogP contribution in [0.4, 0.5) is 4.39 Å². The Balaban J connectivity index is 1.84. The molecule has 0 aromatic heterocycles. The molecule has 0 aliphatic heterocycles. The Bertz CT molecular complexity index is 661. The molecule has 110 valence electrons. The Morgan fingerprint density at radius 3 is 2.76 bits per heavy atom. The quantitative estimate of drug-likeness (QED) is 0.772. The highest BCUT2D eigenvalue weighted by Gasteiger charge is 2.21. The minimum Gasteiger partial charge on any atom is -0.456 e. The number of hydrogen-bond acceptors (Lipinski definition) is 2. The van der Waals surface area contributed by atoms with Crippen LogP contribution in [-0.4, -0.2) is 6.04 Å². The lowest BCUT2D eigenvalue weighted by atomic mass is 10.2. The fourth-order valence-corrected chi connectivity index (χ4v) is 2.68. The third kappa shape index (κ3) is 3.76. The molecule has 0 radical (unpaired) electrons. The summed E-state index contributed by atoms with van der Waals surface area (Å²) in [7, 11) is 0. The van der Waals surface area contributed by atoms with Gasteiger partial charge in [0.25, 0.3) is 0 Å². The summed E-state index contributed by atoms with van der Waals surface area (Å²) in [5.41, 5.74) is 0.919. The van der Waals surface area contributed by atoms with Gasteiger partial charge in [0, 0.05) is 23.2 Å². The SMILES string of the molecule is Fc1ccc(Oc2cccc(Cl)c2CNC2CC2)c(Br)c1. The van der Waals surface area contributed by atoms with E-state index in [9.17, 15) is 4.39 Å². The summed E-state index contributed by atoms with van der Waals surface area (Å²) in [6.45, 7) is 0.665. The molecule has 1 aliphatic rings. The van der Waals surface area contributed by atoms with Crippen LogP contribution in [-0.2, 0) is 6.54 Å². The maximum Gasteiger partial charge on any atom is 0.141 e. The zero-order valence-corrected chi connectivity index (χ0v) is 13.5. The predicted octanol–water partition coefficient (Wildman–Crippen LogP) is 5.29. The largest absolute Gasteiger partial charge is 0.456 e. The van der Waals surface area contributed by atoms with Gasteiger partial charge in [0.05, 0.1) is 4.47 Å². The fraction of sp³-hybridized carbons (Fsp3) is 0.250. The molecule has 2 aromatic rings. The molecular weight excluding hydrogens is 357 g/mol. The molecule has 0 heterocycles. The monoisotopic (exact) mass is 369 g/mol. The van der Waals surface area contributed by atoms with Crippen molar-refractivity contribution in [2.45, 2.75) is 25.4 Å². The van der Waals surface area contributed by atoms with Gasteiger partial charge >= 0.3 is 0 Å². The van der Waals surface area contributed by atoms with Crippen LogP contribution in [0.5, 0.6) is 11.5 Å². The summed E-state index contributed by atoms with van der Waals surface area (Å²) in [4.78, 5) is 0. The number of benzene rings is 2. The van der Waals surface area contributed by atoms with E-state index in [2.05, 4.69) is 21.2 Å². The van der Waals surface area contributed by atoms with Crippen molar-refractivity contribution in [1.82, 2.24) is 5.32 Å². The Labute approximate surface area is 136 Å². The van der Waals surface area contributed by atoms with E-state index in [-0.39, 0.29) is 5.82 Å². The van der Waals surface area contributed by atoms with E-state index in [4.69, 9.17) is 16.3 Å². The molecule has 2 aromatic carbocycles. The van der Waals surface area contributed by atoms with Gasteiger partial charge in [0.15, 0.2) is 0 Å². The highest BCUT2D eigenvalue weighted by Crippen LogP contribution is 2.35. The molecule has 2 nitrogen and oxygen atoms in total. The van der Waals surface area contributed by atoms with Crippen molar-refractivity contribution in [3.05, 3.63) is 57.3 Å². The minimum atomic E-state index is -0.309. The molecule has 1 aliphatic carbocycles. The molecular formula is C16H14BrClFNO. The van der Waals surface area contributed by atoms with Gasteiger partial charge in [0.1, 0.15) is 17.3 Å². The highest BCUT2D eigenvalue weighted by molar-refractivity contribution is 9.10. The third-order valence-electron chi connectivity index (χ3n) is 3.33. The van der Waals surface area contributed by atoms with E-state index >= 15 is 0 Å². The average Bonchev–Trinajstić information content (AvgIpc) is 3.25. The van der Waals surface area contributed by atoms with Crippen LogP contribution in [0, 0.1) is 5.82 Å². The molecule has 0 spiro atoms. The molecule has 0 bridgehead atoms. The first-order chi connectivity index (χ1) is 10.1. The fourth-order valence-electron chi connectivity index (χ4n) is 2.02. The van der Waals surface area contributed by atoms with E-state index in [1.54, 1.807) is 6.07 Å². The van der Waals surface area contributed by atoms with Gasteiger partial charge in [-0.25, -0.2) is 4.39 Å². The van der Waals surface area contributed by atoms with Gasteiger partial charge in [-0.15, -0.1) is 0 Å². The predicted molar refractivity (Wildman–Crippen MR) is 85.5 cm³/mol. The molecule has 1 fully saturated rings. The van der Waals surface area contributed by atoms with Crippen LogP contribution in [0.15, 0.2) is 40.9 Å². The molecule has 0 unspecified atom stereocenters. The summed E-state index contributed by atoms with van der Waals surface area (Å²) in [5.74, 6) is 0.935. The Morgan fingerprint density at radius 1 is 1.24 bits per heavy atom. The van der Waals surface area contributed by atoms with Gasteiger partial charge in [-0.3, -0.25) is 0 Å². The first-order valence-corrected chi connectivity index (χ1v) is 7.94. The van der Waals surface area contributed by atoms with E-state index in [1.165, 1.54) is 25.0 Å². The summed E-state index contributed by atoms with van der Waals surface area (Å²) in [6, 6.07) is 10.5. The van der Waals surface area contributed by atoms with Gasteiger partial charge in [-0.2, -0.15) is 0 Å². The van der Waals surface area contributed by atoms with Crippen LogP contribution in [0.3, 0.4) is 0 Å². The number of ether oxygens (including phenoxy) is 1. The number of rotatable bonds is 5. The van der Waals surface area contributed by atoms with E-state index in [0.717, 1.165) is 5.56 Å². The minimum absolute atomic E-state index is 0.309. The summed E-state index contributed by atoms with van der Waals surface area (Å²) >= 11 is 9.58. The van der Waals surface area contributed by atoms with Gasteiger partial charge in [0.2, 0.25) is 0 Å². The lowest BCUT2D eigenvalue weighted by Gasteiger charge is -2.14. The van der Waals surface area contributed by atoms with Crippen molar-refractivity contribution in [3.63, 3.8) is 0 Å². The van der Waals surface area contributed by atoms with E-state index in [0.29, 0.717) is 33.6 Å². The number of hydrogen-bond donors (Lipinski definition) is 1. The number of nitrogens with one attached hydrogen (secondary N) is 1. The molecule has 0 atom stereocenters. The van der Waals surface area contributed by atoms with Crippen LogP contribution < -0.4 is 10.1 Å². The smallest absolute Gasteiger partial charge is 0.141 e. The third-order valence-corrected chi connectivity index (χ3v) is 4.31. The molecule has 1 saturated carbocycles. The van der Waals surface area contributed by atoms with Gasteiger partial charge in [-0.1, -0.05) is 17.7 Å². The van der Waals surface area contributed by atoms with Crippen LogP contribution in [0.1, 0.15) is 18.4 Å². The second-order valence-corrected chi connectivity index (χ2v) is 6.31. The van der Waals surface area contributed by atoms with Crippen LogP contribution in [0.2, 0.25) is 5.02 Å². The van der Waals surface area contributed by atoms with Crippen LogP contribution in [0.25, 0.3) is 0 Å². The van der Waals surface area contributed by atoms with E-state index in [1.807, 2.05) is 18.2 Å². The van der Waals surface area contributed by atoms with Gasteiger partial charge in [-0.05, 0) is 59.1 Å². The van der Waals surface area contributed by atoms with E-state index < -0.39 is 0 Å². The molecule has 1 N–H and O–H groups in total. The maximum atomic E-state index is 13.1. The number of halogens is 3. The molecule has 0 saturated heterocycles. The van der Waals surface area contributed by atoms with Crippen molar-refractivity contribution >= 4 is 27.5 Å². The van der Waals surface area contributed by atoms with Gasteiger partial charge < -0.3 is 10.1 Å². The van der Waals surface area contributed by atoms with Crippen molar-refractivity contribution in [3.8, 4) is 11.5 Å². The first kappa shape index (κ1) is 14.8. The lowest BCUT2D eigenvalue weighted by molar-refractivity contribution is 0.467. The second-order valence-electron chi connectivity index (χ2n) is 5.05. The molecule has 3 rings (SSSR count). The molecule has 5 heteroatoms. The molecule has 21 heavy (non-hydrogen) atoms. The average molecular weight is 371 g/mol. The lowest BCUT2D eigenvalue weighted by Crippen LogP contribution is -2.16. The second kappa shape index (κ2) is 6.34. The highest BCUT2D eigenvalue weighted by atomic mass is 79.9. The van der Waals surface area contributed by atoms with Crippen molar-refractivity contribution in [2.24, 2.45) is 0 Å². The summed E-state index contributed by atoms with van der Waals surface area (Å²) < 4.78 is 19.6.